The third-order valence-electron chi connectivity index (χ3n) is 5.62. The van der Waals surface area contributed by atoms with Crippen LogP contribution in [0.15, 0.2) is 66.7 Å². The summed E-state index contributed by atoms with van der Waals surface area (Å²) in [5, 5.41) is 0.821. The van der Waals surface area contributed by atoms with Crippen LogP contribution in [0.25, 0.3) is 6.08 Å². The highest BCUT2D eigenvalue weighted by Crippen LogP contribution is 2.30. The number of para-hydroxylation sites is 1. The third kappa shape index (κ3) is 5.70. The maximum absolute atomic E-state index is 12.5. The molecule has 0 saturated carbocycles. The number of benzene rings is 3. The van der Waals surface area contributed by atoms with E-state index in [1.165, 1.54) is 17.3 Å². The summed E-state index contributed by atoms with van der Waals surface area (Å²) < 4.78 is 11.5. The van der Waals surface area contributed by atoms with Crippen LogP contribution in [0, 0.1) is 0 Å². The number of hydrogen-bond acceptors (Lipinski definition) is 4. The fourth-order valence-electron chi connectivity index (χ4n) is 3.93. The summed E-state index contributed by atoms with van der Waals surface area (Å²) in [6, 6.07) is 19.0. The van der Waals surface area contributed by atoms with Gasteiger partial charge in [0.2, 0.25) is 0 Å². The van der Waals surface area contributed by atoms with Crippen molar-refractivity contribution in [1.29, 1.82) is 0 Å². The first-order valence-electron chi connectivity index (χ1n) is 10.9. The Morgan fingerprint density at radius 1 is 1.06 bits per heavy atom. The first-order valence-corrected chi connectivity index (χ1v) is 11.6. The van der Waals surface area contributed by atoms with Crippen molar-refractivity contribution in [2.45, 2.75) is 12.8 Å². The predicted molar refractivity (Wildman–Crippen MR) is 135 cm³/mol. The van der Waals surface area contributed by atoms with E-state index in [-0.39, 0.29) is 5.78 Å². The fraction of sp³-hybridized carbons (Fsp3) is 0.222. The van der Waals surface area contributed by atoms with Crippen molar-refractivity contribution in [1.82, 2.24) is 0 Å². The average Bonchev–Trinajstić information content (AvgIpc) is 3.23. The van der Waals surface area contributed by atoms with E-state index in [0.717, 1.165) is 31.5 Å². The van der Waals surface area contributed by atoms with Gasteiger partial charge in [0.05, 0.1) is 18.7 Å². The quantitative estimate of drug-likeness (QED) is 0.193. The average molecular weight is 482 g/mol. The van der Waals surface area contributed by atoms with Crippen molar-refractivity contribution < 1.29 is 14.3 Å². The monoisotopic (exact) mass is 481 g/mol. The molecule has 4 nitrogen and oxygen atoms in total. The van der Waals surface area contributed by atoms with E-state index in [9.17, 15) is 4.79 Å². The number of methoxy groups -OCH3 is 1. The number of ketones is 1. The smallest absolute Gasteiger partial charge is 0.187 e. The van der Waals surface area contributed by atoms with Gasteiger partial charge < -0.3 is 14.4 Å². The van der Waals surface area contributed by atoms with Crippen LogP contribution in [-0.4, -0.2) is 32.6 Å². The Morgan fingerprint density at radius 2 is 1.91 bits per heavy atom. The molecule has 0 unspecified atom stereocenters. The molecule has 3 aromatic carbocycles. The zero-order chi connectivity index (χ0) is 23.2. The molecule has 0 fully saturated rings. The highest BCUT2D eigenvalue weighted by atomic mass is 35.5. The van der Waals surface area contributed by atoms with Crippen LogP contribution in [0.4, 0.5) is 5.69 Å². The molecule has 0 saturated heterocycles. The summed E-state index contributed by atoms with van der Waals surface area (Å²) in [6.07, 6.45) is 5.23. The Kier molecular flexibility index (Phi) is 7.58. The highest BCUT2D eigenvalue weighted by Gasteiger charge is 2.17. The predicted octanol–water partition coefficient (Wildman–Crippen LogP) is 6.73. The topological polar surface area (TPSA) is 38.8 Å². The summed E-state index contributed by atoms with van der Waals surface area (Å²) >= 11 is 12.0. The lowest BCUT2D eigenvalue weighted by Crippen LogP contribution is -2.23. The van der Waals surface area contributed by atoms with Crippen LogP contribution in [0.5, 0.6) is 11.5 Å². The summed E-state index contributed by atoms with van der Waals surface area (Å²) in [5.41, 5.74) is 3.98. The van der Waals surface area contributed by atoms with Crippen molar-refractivity contribution in [3.63, 3.8) is 0 Å². The number of hydrogen-bond donors (Lipinski definition) is 0. The van der Waals surface area contributed by atoms with Gasteiger partial charge in [0.1, 0.15) is 0 Å². The molecule has 0 amide bonds. The SMILES string of the molecule is COc1cc(/C=C/C(=O)c2ccc(Cl)cc2Cl)ccc1OCCCN1CCc2ccccc21. The van der Waals surface area contributed by atoms with Crippen LogP contribution in [0.1, 0.15) is 27.9 Å². The summed E-state index contributed by atoms with van der Waals surface area (Å²) in [5.74, 6) is 1.11. The van der Waals surface area contributed by atoms with Gasteiger partial charge in [0, 0.05) is 29.4 Å². The Bertz CT molecular complexity index is 1180. The molecule has 0 spiro atoms. The van der Waals surface area contributed by atoms with Gasteiger partial charge in [0.15, 0.2) is 17.3 Å². The Balaban J connectivity index is 1.33. The number of nitrogens with zero attached hydrogens (tertiary/aromatic N) is 1. The first kappa shape index (κ1) is 23.2. The normalized spacial score (nSPS) is 12.8. The molecule has 0 aromatic heterocycles. The van der Waals surface area contributed by atoms with Gasteiger partial charge in [-0.15, -0.1) is 0 Å². The van der Waals surface area contributed by atoms with Gasteiger partial charge in [0.25, 0.3) is 0 Å². The first-order chi connectivity index (χ1) is 16.0. The molecule has 1 aliphatic heterocycles. The summed E-state index contributed by atoms with van der Waals surface area (Å²) in [6.45, 7) is 2.61. The maximum atomic E-state index is 12.5. The zero-order valence-electron chi connectivity index (χ0n) is 18.4. The number of anilines is 1. The lowest BCUT2D eigenvalue weighted by Gasteiger charge is -2.19. The molecule has 4 rings (SSSR count). The number of ether oxygens (including phenoxy) is 2. The second-order valence-electron chi connectivity index (χ2n) is 7.80. The molecule has 0 radical (unpaired) electrons. The van der Waals surface area contributed by atoms with Crippen LogP contribution < -0.4 is 14.4 Å². The van der Waals surface area contributed by atoms with Crippen molar-refractivity contribution in [2.24, 2.45) is 0 Å². The van der Waals surface area contributed by atoms with Gasteiger partial charge in [-0.1, -0.05) is 53.5 Å². The Morgan fingerprint density at radius 3 is 2.73 bits per heavy atom. The van der Waals surface area contributed by atoms with Crippen molar-refractivity contribution in [3.8, 4) is 11.5 Å². The lowest BCUT2D eigenvalue weighted by atomic mass is 10.1. The molecule has 0 bridgehead atoms. The van der Waals surface area contributed by atoms with E-state index < -0.39 is 0 Å². The van der Waals surface area contributed by atoms with E-state index in [4.69, 9.17) is 32.7 Å². The van der Waals surface area contributed by atoms with Crippen LogP contribution in [0.3, 0.4) is 0 Å². The number of allylic oxidation sites excluding steroid dienone is 1. The summed E-state index contributed by atoms with van der Waals surface area (Å²) in [7, 11) is 1.61. The van der Waals surface area contributed by atoms with Gasteiger partial charge in [-0.3, -0.25) is 4.79 Å². The number of carbonyl (C=O) groups is 1. The molecule has 170 valence electrons. The second kappa shape index (κ2) is 10.8. The number of fused-ring (bicyclic) bond motifs is 1. The number of halogens is 2. The molecule has 6 heteroatoms. The van der Waals surface area contributed by atoms with Crippen molar-refractivity contribution in [2.75, 3.05) is 31.7 Å². The Hall–Kier alpha value is -2.95. The van der Waals surface area contributed by atoms with Gasteiger partial charge in [-0.2, -0.15) is 0 Å². The lowest BCUT2D eigenvalue weighted by molar-refractivity contribution is 0.104. The molecule has 3 aromatic rings. The standard InChI is InChI=1S/C27H25Cl2NO3/c1-32-27-17-19(7-11-25(31)22-10-9-21(28)18-23(22)29)8-12-26(27)33-16-4-14-30-15-13-20-5-2-3-6-24(20)30/h2-3,5-12,17-18H,4,13-16H2,1H3/b11-7+. The minimum atomic E-state index is -0.195. The van der Waals surface area contributed by atoms with E-state index in [0.29, 0.717) is 33.7 Å². The molecule has 1 heterocycles. The molecule has 0 atom stereocenters. The molecule has 0 N–H and O–H groups in total. The van der Waals surface area contributed by atoms with Crippen LogP contribution in [-0.2, 0) is 6.42 Å². The van der Waals surface area contributed by atoms with Crippen LogP contribution >= 0.6 is 23.2 Å². The van der Waals surface area contributed by atoms with Gasteiger partial charge in [-0.05, 0) is 66.4 Å². The largest absolute Gasteiger partial charge is 0.493 e. The third-order valence-corrected chi connectivity index (χ3v) is 6.17. The zero-order valence-corrected chi connectivity index (χ0v) is 19.9. The molecule has 1 aliphatic rings. The molecular weight excluding hydrogens is 457 g/mol. The minimum absolute atomic E-state index is 0.195. The molecule has 33 heavy (non-hydrogen) atoms. The van der Waals surface area contributed by atoms with E-state index in [2.05, 4.69) is 29.2 Å². The Labute approximate surface area is 204 Å². The van der Waals surface area contributed by atoms with Crippen molar-refractivity contribution in [3.05, 3.63) is 93.5 Å². The second-order valence-corrected chi connectivity index (χ2v) is 8.64. The molecule has 0 aliphatic carbocycles. The van der Waals surface area contributed by atoms with Crippen LogP contribution in [0.2, 0.25) is 10.0 Å². The van der Waals surface area contributed by atoms with Crippen molar-refractivity contribution >= 4 is 40.7 Å². The summed E-state index contributed by atoms with van der Waals surface area (Å²) in [4.78, 5) is 14.9. The highest BCUT2D eigenvalue weighted by molar-refractivity contribution is 6.37. The van der Waals surface area contributed by atoms with E-state index in [1.807, 2.05) is 18.2 Å². The van der Waals surface area contributed by atoms with Gasteiger partial charge in [-0.25, -0.2) is 0 Å². The number of carbonyl (C=O) groups excluding carboxylic acids is 1. The maximum Gasteiger partial charge on any atom is 0.187 e. The fourth-order valence-corrected chi connectivity index (χ4v) is 4.44. The van der Waals surface area contributed by atoms with E-state index >= 15 is 0 Å². The minimum Gasteiger partial charge on any atom is -0.493 e. The van der Waals surface area contributed by atoms with Gasteiger partial charge >= 0.3 is 0 Å². The molecular formula is C27H25Cl2NO3. The van der Waals surface area contributed by atoms with E-state index in [1.54, 1.807) is 31.4 Å². The number of rotatable bonds is 9.